The number of hydrogen-bond donors (Lipinski definition) is 0. The number of aromatic nitrogens is 1. The zero-order valence-electron chi connectivity index (χ0n) is 30.8. The predicted octanol–water partition coefficient (Wildman–Crippen LogP) is 14.9. The normalized spacial score (nSPS) is 11.2. The van der Waals surface area contributed by atoms with E-state index in [0.29, 0.717) is 0 Å². The van der Waals surface area contributed by atoms with Gasteiger partial charge in [0.25, 0.3) is 0 Å². The summed E-state index contributed by atoms with van der Waals surface area (Å²) in [6.07, 6.45) is 0. The second-order valence-corrected chi connectivity index (χ2v) is 14.1. The highest BCUT2D eigenvalue weighted by Crippen LogP contribution is 2.46. The van der Waals surface area contributed by atoms with E-state index in [-0.39, 0.29) is 0 Å². The maximum Gasteiger partial charge on any atom is 0.0562 e. The molecule has 0 N–H and O–H groups in total. The Morgan fingerprint density at radius 1 is 0.304 bits per heavy atom. The lowest BCUT2D eigenvalue weighted by atomic mass is 9.93. The lowest BCUT2D eigenvalue weighted by Gasteiger charge is -2.27. The van der Waals surface area contributed by atoms with Gasteiger partial charge >= 0.3 is 0 Å². The van der Waals surface area contributed by atoms with Crippen molar-refractivity contribution in [3.8, 4) is 50.2 Å². The molecule has 1 heterocycles. The zero-order valence-corrected chi connectivity index (χ0v) is 30.8. The first-order valence-electron chi connectivity index (χ1n) is 19.2. The molecule has 1 aromatic heterocycles. The molecule has 0 aliphatic rings. The number of rotatable bonds is 8. The van der Waals surface area contributed by atoms with Crippen LogP contribution < -0.4 is 4.90 Å². The highest BCUT2D eigenvalue weighted by Gasteiger charge is 2.23. The summed E-state index contributed by atoms with van der Waals surface area (Å²) in [6.45, 7) is 0. The Bertz CT molecular complexity index is 2960. The van der Waals surface area contributed by atoms with Crippen molar-refractivity contribution in [2.75, 3.05) is 4.90 Å². The lowest BCUT2D eigenvalue weighted by Crippen LogP contribution is -2.10. The average Bonchev–Trinajstić information content (AvgIpc) is 3.62. The summed E-state index contributed by atoms with van der Waals surface area (Å²) in [5, 5.41) is 2.41. The molecule has 2 heteroatoms. The van der Waals surface area contributed by atoms with Crippen LogP contribution in [0.4, 0.5) is 17.1 Å². The number of para-hydroxylation sites is 3. The molecule has 0 spiro atoms. The molecular weight excluding hydrogens is 677 g/mol. The molecule has 0 aliphatic heterocycles. The summed E-state index contributed by atoms with van der Waals surface area (Å²) in [5.41, 5.74) is 16.4. The van der Waals surface area contributed by atoms with Crippen molar-refractivity contribution < 1.29 is 0 Å². The van der Waals surface area contributed by atoms with Gasteiger partial charge in [0, 0.05) is 27.7 Å². The third-order valence-electron chi connectivity index (χ3n) is 10.8. The number of nitrogens with zero attached hydrogens (tertiary/aromatic N) is 2. The van der Waals surface area contributed by atoms with Crippen molar-refractivity contribution in [1.82, 2.24) is 4.57 Å². The minimum atomic E-state index is 1.10. The lowest BCUT2D eigenvalue weighted by molar-refractivity contribution is 1.18. The second-order valence-electron chi connectivity index (χ2n) is 14.1. The molecule has 10 rings (SSSR count). The Kier molecular flexibility index (Phi) is 8.55. The van der Waals surface area contributed by atoms with E-state index in [4.69, 9.17) is 0 Å². The molecule has 0 saturated carbocycles. The largest absolute Gasteiger partial charge is 0.310 e. The SMILES string of the molecule is c1ccc(-c2ccccc2-c2cccc(N(c3ccccc3)c3cccc4c3c3ccccc3n4-c3ccccc3-c3ccccc3-c3ccccc3)c2)cc1. The molecule has 0 atom stereocenters. The van der Waals surface area contributed by atoms with Crippen LogP contribution in [0.5, 0.6) is 0 Å². The van der Waals surface area contributed by atoms with Gasteiger partial charge in [-0.05, 0) is 87.5 Å². The molecule has 0 unspecified atom stereocenters. The van der Waals surface area contributed by atoms with Gasteiger partial charge in [0.05, 0.1) is 22.4 Å². The first kappa shape index (κ1) is 33.2. The van der Waals surface area contributed by atoms with Gasteiger partial charge in [-0.2, -0.15) is 0 Å². The Morgan fingerprint density at radius 3 is 1.46 bits per heavy atom. The summed E-state index contributed by atoms with van der Waals surface area (Å²) in [4.78, 5) is 2.42. The van der Waals surface area contributed by atoms with E-state index in [0.717, 1.165) is 33.8 Å². The molecule has 0 saturated heterocycles. The summed E-state index contributed by atoms with van der Waals surface area (Å²) in [6, 6.07) is 83.0. The third-order valence-corrected chi connectivity index (χ3v) is 10.8. The maximum absolute atomic E-state index is 2.46. The average molecular weight is 715 g/mol. The van der Waals surface area contributed by atoms with Crippen LogP contribution in [0.25, 0.3) is 72.0 Å². The van der Waals surface area contributed by atoms with Crippen LogP contribution >= 0.6 is 0 Å². The zero-order chi connectivity index (χ0) is 37.3. The van der Waals surface area contributed by atoms with Crippen LogP contribution in [0.15, 0.2) is 231 Å². The maximum atomic E-state index is 2.46. The molecule has 56 heavy (non-hydrogen) atoms. The Labute approximate surface area is 327 Å². The van der Waals surface area contributed by atoms with Crippen LogP contribution in [0.2, 0.25) is 0 Å². The fraction of sp³-hybridized carbons (Fsp3) is 0. The van der Waals surface area contributed by atoms with E-state index in [9.17, 15) is 0 Å². The molecule has 0 aliphatic carbocycles. The van der Waals surface area contributed by atoms with E-state index in [2.05, 4.69) is 240 Å². The number of anilines is 3. The van der Waals surface area contributed by atoms with E-state index < -0.39 is 0 Å². The van der Waals surface area contributed by atoms with Crippen molar-refractivity contribution in [1.29, 1.82) is 0 Å². The topological polar surface area (TPSA) is 8.17 Å². The van der Waals surface area contributed by atoms with Crippen LogP contribution in [-0.2, 0) is 0 Å². The van der Waals surface area contributed by atoms with E-state index in [1.54, 1.807) is 0 Å². The van der Waals surface area contributed by atoms with Gasteiger partial charge in [-0.25, -0.2) is 0 Å². The van der Waals surface area contributed by atoms with Gasteiger partial charge < -0.3 is 9.47 Å². The first-order chi connectivity index (χ1) is 27.8. The summed E-state index contributed by atoms with van der Waals surface area (Å²) < 4.78 is 2.46. The Morgan fingerprint density at radius 2 is 0.768 bits per heavy atom. The van der Waals surface area contributed by atoms with Gasteiger partial charge in [0.1, 0.15) is 0 Å². The smallest absolute Gasteiger partial charge is 0.0562 e. The van der Waals surface area contributed by atoms with Crippen LogP contribution in [0, 0.1) is 0 Å². The summed E-state index contributed by atoms with van der Waals surface area (Å²) in [7, 11) is 0. The fourth-order valence-corrected chi connectivity index (χ4v) is 8.35. The molecule has 9 aromatic carbocycles. The van der Waals surface area contributed by atoms with Crippen molar-refractivity contribution in [2.24, 2.45) is 0 Å². The van der Waals surface area contributed by atoms with Gasteiger partial charge in [-0.3, -0.25) is 0 Å². The van der Waals surface area contributed by atoms with Crippen molar-refractivity contribution >= 4 is 38.9 Å². The number of hydrogen-bond acceptors (Lipinski definition) is 1. The number of fused-ring (bicyclic) bond motifs is 3. The van der Waals surface area contributed by atoms with Gasteiger partial charge in [0.2, 0.25) is 0 Å². The molecule has 0 radical (unpaired) electrons. The minimum absolute atomic E-state index is 1.10. The van der Waals surface area contributed by atoms with Gasteiger partial charge in [0.15, 0.2) is 0 Å². The molecule has 0 amide bonds. The standard InChI is InChI=1S/C54H38N2/c1-4-20-39(21-5-1)44-28-10-11-30-46(44)41-24-18-27-43(38-41)55(42-25-8-3-9-26-42)52-36-19-37-53-54(52)49-33-15-17-35-51(49)56(53)50-34-16-14-32-48(50)47-31-13-12-29-45(47)40-22-6-2-7-23-40/h1-38H. The summed E-state index contributed by atoms with van der Waals surface area (Å²) >= 11 is 0. The van der Waals surface area contributed by atoms with Crippen molar-refractivity contribution in [3.05, 3.63) is 231 Å². The highest BCUT2D eigenvalue weighted by atomic mass is 15.1. The monoisotopic (exact) mass is 714 g/mol. The van der Waals surface area contributed by atoms with E-state index in [1.807, 2.05) is 0 Å². The Hall–Kier alpha value is -7.42. The molecule has 264 valence electrons. The van der Waals surface area contributed by atoms with Crippen molar-refractivity contribution in [3.63, 3.8) is 0 Å². The van der Waals surface area contributed by atoms with E-state index >= 15 is 0 Å². The van der Waals surface area contributed by atoms with E-state index in [1.165, 1.54) is 55.3 Å². The predicted molar refractivity (Wildman–Crippen MR) is 237 cm³/mol. The first-order valence-corrected chi connectivity index (χ1v) is 19.2. The van der Waals surface area contributed by atoms with Gasteiger partial charge in [-0.15, -0.1) is 0 Å². The summed E-state index contributed by atoms with van der Waals surface area (Å²) in [5.74, 6) is 0. The fourth-order valence-electron chi connectivity index (χ4n) is 8.35. The molecule has 10 aromatic rings. The highest BCUT2D eigenvalue weighted by molar-refractivity contribution is 6.17. The molecule has 0 fully saturated rings. The minimum Gasteiger partial charge on any atom is -0.310 e. The third kappa shape index (κ3) is 5.85. The molecular formula is C54H38N2. The molecule has 0 bridgehead atoms. The second kappa shape index (κ2) is 14.4. The van der Waals surface area contributed by atoms with Crippen LogP contribution in [-0.4, -0.2) is 4.57 Å². The van der Waals surface area contributed by atoms with Crippen LogP contribution in [0.1, 0.15) is 0 Å². The Balaban J connectivity index is 1.20. The molecule has 2 nitrogen and oxygen atoms in total. The van der Waals surface area contributed by atoms with Gasteiger partial charge in [-0.1, -0.05) is 182 Å². The number of benzene rings is 9. The van der Waals surface area contributed by atoms with Crippen molar-refractivity contribution in [2.45, 2.75) is 0 Å². The van der Waals surface area contributed by atoms with Crippen LogP contribution in [0.3, 0.4) is 0 Å². The quantitative estimate of drug-likeness (QED) is 0.152.